The number of hydrogen-bond donors (Lipinski definition) is 2. The molecular weight excluding hydrogens is 429 g/mol. The van der Waals surface area contributed by atoms with Crippen molar-refractivity contribution < 1.29 is 9.47 Å². The molecule has 0 fully saturated rings. The van der Waals surface area contributed by atoms with E-state index in [0.29, 0.717) is 12.6 Å². The monoisotopic (exact) mass is 459 g/mol. The summed E-state index contributed by atoms with van der Waals surface area (Å²) in [5.74, 6) is 2.48. The van der Waals surface area contributed by atoms with Crippen molar-refractivity contribution in [2.24, 2.45) is 4.99 Å². The molecule has 0 bridgehead atoms. The molecule has 0 aliphatic heterocycles. The predicted molar refractivity (Wildman–Crippen MR) is 115 cm³/mol. The van der Waals surface area contributed by atoms with Crippen LogP contribution < -0.4 is 20.1 Å². The summed E-state index contributed by atoms with van der Waals surface area (Å²) in [5, 5.41) is 6.83. The van der Waals surface area contributed by atoms with Gasteiger partial charge in [-0.15, -0.1) is 24.0 Å². The lowest BCUT2D eigenvalue weighted by atomic mass is 10.1. The number of rotatable bonds is 8. The van der Waals surface area contributed by atoms with Gasteiger partial charge in [0.15, 0.2) is 17.5 Å². The van der Waals surface area contributed by atoms with E-state index >= 15 is 0 Å². The first kappa shape index (κ1) is 21.6. The van der Waals surface area contributed by atoms with Gasteiger partial charge in [-0.05, 0) is 50.3 Å². The number of benzene rings is 1. The van der Waals surface area contributed by atoms with Crippen LogP contribution in [0.2, 0.25) is 0 Å². The Hall–Kier alpha value is -1.44. The van der Waals surface area contributed by atoms with Gasteiger partial charge in [0.25, 0.3) is 0 Å². The van der Waals surface area contributed by atoms with Gasteiger partial charge >= 0.3 is 0 Å². The number of nitrogens with one attached hydrogen (secondary N) is 2. The third kappa shape index (κ3) is 7.13. The molecule has 5 nitrogen and oxygen atoms in total. The number of aryl methyl sites for hydroxylation is 1. The molecule has 6 heteroatoms. The molecule has 0 heterocycles. The highest BCUT2D eigenvalue weighted by atomic mass is 127. The summed E-state index contributed by atoms with van der Waals surface area (Å²) in [7, 11) is 3.48. The standard InChI is InChI=1S/C19H29N3O2.HI/c1-4-24-18-14-15(11-12-17(18)23-3)8-7-13-21-19(20-2)22-16-9-5-6-10-16;/h5-6,11-12,14,16H,4,7-10,13H2,1-3H3,(H2,20,21,22);1H. The molecule has 25 heavy (non-hydrogen) atoms. The minimum atomic E-state index is 0. The Morgan fingerprint density at radius 3 is 2.64 bits per heavy atom. The fourth-order valence-corrected chi connectivity index (χ4v) is 2.77. The van der Waals surface area contributed by atoms with Crippen LogP contribution in [0, 0.1) is 0 Å². The average Bonchev–Trinajstić information content (AvgIpc) is 3.11. The number of methoxy groups -OCH3 is 1. The highest BCUT2D eigenvalue weighted by molar-refractivity contribution is 14.0. The van der Waals surface area contributed by atoms with Gasteiger partial charge in [-0.2, -0.15) is 0 Å². The maximum Gasteiger partial charge on any atom is 0.191 e. The highest BCUT2D eigenvalue weighted by Gasteiger charge is 2.11. The van der Waals surface area contributed by atoms with E-state index in [9.17, 15) is 0 Å². The van der Waals surface area contributed by atoms with Gasteiger partial charge < -0.3 is 20.1 Å². The van der Waals surface area contributed by atoms with E-state index in [1.54, 1.807) is 7.11 Å². The van der Waals surface area contributed by atoms with Gasteiger partial charge in [0.05, 0.1) is 13.7 Å². The predicted octanol–water partition coefficient (Wildman–Crippen LogP) is 3.53. The quantitative estimate of drug-likeness (QED) is 0.205. The van der Waals surface area contributed by atoms with Crippen LogP contribution >= 0.6 is 24.0 Å². The second-order valence-electron chi connectivity index (χ2n) is 5.80. The van der Waals surface area contributed by atoms with Crippen LogP contribution in [0.5, 0.6) is 11.5 Å². The zero-order valence-corrected chi connectivity index (χ0v) is 17.7. The molecule has 0 atom stereocenters. The molecule has 0 unspecified atom stereocenters. The molecule has 2 N–H and O–H groups in total. The second kappa shape index (κ2) is 12.0. The smallest absolute Gasteiger partial charge is 0.191 e. The minimum absolute atomic E-state index is 0. The summed E-state index contributed by atoms with van der Waals surface area (Å²) < 4.78 is 11.0. The molecule has 2 rings (SSSR count). The zero-order valence-electron chi connectivity index (χ0n) is 15.4. The number of halogens is 1. The molecular formula is C19H30IN3O2. The summed E-state index contributed by atoms with van der Waals surface area (Å²) in [5.41, 5.74) is 1.25. The second-order valence-corrected chi connectivity index (χ2v) is 5.80. The number of hydrogen-bond acceptors (Lipinski definition) is 3. The Morgan fingerprint density at radius 2 is 2.00 bits per heavy atom. The zero-order chi connectivity index (χ0) is 17.2. The molecule has 0 amide bonds. The van der Waals surface area contributed by atoms with Gasteiger partial charge in [-0.1, -0.05) is 18.2 Å². The minimum Gasteiger partial charge on any atom is -0.493 e. The van der Waals surface area contributed by atoms with Crippen LogP contribution in [-0.4, -0.2) is 39.3 Å². The lowest BCUT2D eigenvalue weighted by molar-refractivity contribution is 0.310. The lowest BCUT2D eigenvalue weighted by Crippen LogP contribution is -2.42. The van der Waals surface area contributed by atoms with Crippen LogP contribution in [0.4, 0.5) is 0 Å². The fraction of sp³-hybridized carbons (Fsp3) is 0.526. The van der Waals surface area contributed by atoms with Gasteiger partial charge in [0.1, 0.15) is 0 Å². The van der Waals surface area contributed by atoms with E-state index in [-0.39, 0.29) is 24.0 Å². The first-order valence-electron chi connectivity index (χ1n) is 8.68. The maximum atomic E-state index is 5.63. The van der Waals surface area contributed by atoms with Crippen molar-refractivity contribution in [2.75, 3.05) is 27.3 Å². The summed E-state index contributed by atoms with van der Waals surface area (Å²) in [6.45, 7) is 3.50. The first-order chi connectivity index (χ1) is 11.8. The van der Waals surface area contributed by atoms with Crippen molar-refractivity contribution >= 4 is 29.9 Å². The average molecular weight is 459 g/mol. The Bertz CT molecular complexity index is 568. The number of guanidine groups is 1. The lowest BCUT2D eigenvalue weighted by Gasteiger charge is -2.17. The van der Waals surface area contributed by atoms with Crippen molar-refractivity contribution in [3.05, 3.63) is 35.9 Å². The molecule has 140 valence electrons. The molecule has 0 radical (unpaired) electrons. The van der Waals surface area contributed by atoms with Gasteiger partial charge in [0.2, 0.25) is 0 Å². The maximum absolute atomic E-state index is 5.63. The number of nitrogens with zero attached hydrogens (tertiary/aromatic N) is 1. The summed E-state index contributed by atoms with van der Waals surface area (Å²) >= 11 is 0. The van der Waals surface area contributed by atoms with Crippen LogP contribution in [0.25, 0.3) is 0 Å². The van der Waals surface area contributed by atoms with E-state index in [4.69, 9.17) is 9.47 Å². The highest BCUT2D eigenvalue weighted by Crippen LogP contribution is 2.28. The topological polar surface area (TPSA) is 54.9 Å². The third-order valence-corrected chi connectivity index (χ3v) is 4.03. The van der Waals surface area contributed by atoms with Crippen LogP contribution in [-0.2, 0) is 6.42 Å². The molecule has 1 aromatic carbocycles. The Labute approximate surface area is 168 Å². The van der Waals surface area contributed by atoms with Crippen molar-refractivity contribution in [1.82, 2.24) is 10.6 Å². The van der Waals surface area contributed by atoms with Crippen molar-refractivity contribution in [1.29, 1.82) is 0 Å². The number of aliphatic imine (C=N–C) groups is 1. The van der Waals surface area contributed by atoms with Crippen molar-refractivity contribution in [2.45, 2.75) is 38.6 Å². The molecule has 1 aliphatic carbocycles. The van der Waals surface area contributed by atoms with Crippen molar-refractivity contribution in [3.63, 3.8) is 0 Å². The van der Waals surface area contributed by atoms with E-state index in [0.717, 1.165) is 49.7 Å². The Balaban J connectivity index is 0.00000312. The summed E-state index contributed by atoms with van der Waals surface area (Å²) in [6, 6.07) is 6.62. The molecule has 1 aliphatic rings. The van der Waals surface area contributed by atoms with E-state index < -0.39 is 0 Å². The van der Waals surface area contributed by atoms with Gasteiger partial charge in [-0.25, -0.2) is 0 Å². The molecule has 0 saturated heterocycles. The van der Waals surface area contributed by atoms with E-state index in [2.05, 4.69) is 39.9 Å². The Morgan fingerprint density at radius 1 is 1.24 bits per heavy atom. The van der Waals surface area contributed by atoms with E-state index in [1.165, 1.54) is 5.56 Å². The van der Waals surface area contributed by atoms with Gasteiger partial charge in [-0.3, -0.25) is 4.99 Å². The van der Waals surface area contributed by atoms with E-state index in [1.807, 2.05) is 20.0 Å². The summed E-state index contributed by atoms with van der Waals surface area (Å²) in [4.78, 5) is 4.29. The van der Waals surface area contributed by atoms with Crippen LogP contribution in [0.15, 0.2) is 35.3 Å². The molecule has 0 aromatic heterocycles. The molecule has 1 aromatic rings. The first-order valence-corrected chi connectivity index (χ1v) is 8.68. The number of ether oxygens (including phenoxy) is 2. The third-order valence-electron chi connectivity index (χ3n) is 4.03. The largest absolute Gasteiger partial charge is 0.493 e. The Kier molecular flexibility index (Phi) is 10.4. The van der Waals surface area contributed by atoms with Crippen molar-refractivity contribution in [3.8, 4) is 11.5 Å². The van der Waals surface area contributed by atoms with Crippen LogP contribution in [0.1, 0.15) is 31.7 Å². The summed E-state index contributed by atoms with van der Waals surface area (Å²) in [6.07, 6.45) is 8.59. The molecule has 0 spiro atoms. The van der Waals surface area contributed by atoms with Gasteiger partial charge in [0, 0.05) is 19.6 Å². The SMILES string of the molecule is CCOc1cc(CCCNC(=NC)NC2CC=CC2)ccc1OC.I. The normalized spacial score (nSPS) is 14.1. The van der Waals surface area contributed by atoms with Crippen LogP contribution in [0.3, 0.4) is 0 Å². The molecule has 0 saturated carbocycles. The fourth-order valence-electron chi connectivity index (χ4n) is 2.77.